The molecule has 0 aliphatic carbocycles. The summed E-state index contributed by atoms with van der Waals surface area (Å²) in [7, 11) is 1.15. The number of esters is 1. The highest BCUT2D eigenvalue weighted by Gasteiger charge is 2.21. The molecule has 0 aromatic rings. The summed E-state index contributed by atoms with van der Waals surface area (Å²) in [6.07, 6.45) is -0.370. The van der Waals surface area contributed by atoms with Crippen LogP contribution in [0.4, 0.5) is 0 Å². The number of carbonyl (C=O) groups excluding carboxylic acids is 2. The van der Waals surface area contributed by atoms with Crippen molar-refractivity contribution in [3.05, 3.63) is 0 Å². The Balaban J connectivity index is 4.18. The van der Waals surface area contributed by atoms with E-state index in [1.165, 1.54) is 6.92 Å². The summed E-state index contributed by atoms with van der Waals surface area (Å²) in [5, 5.41) is 10.6. The first-order valence-electron chi connectivity index (χ1n) is 3.54. The number of carboxylic acid groups (broad SMARTS) is 1. The monoisotopic (exact) mass is 189 g/mol. The Hall–Kier alpha value is -1.59. The lowest BCUT2D eigenvalue weighted by molar-refractivity contribution is -0.148. The predicted octanol–water partition coefficient (Wildman–Crippen LogP) is -0.861. The van der Waals surface area contributed by atoms with Gasteiger partial charge >= 0.3 is 11.9 Å². The van der Waals surface area contributed by atoms with Crippen LogP contribution in [0.1, 0.15) is 13.3 Å². The molecule has 1 unspecified atom stereocenters. The number of carbonyl (C=O) groups is 3. The normalized spacial score (nSPS) is 11.5. The van der Waals surface area contributed by atoms with Gasteiger partial charge in [-0.1, -0.05) is 0 Å². The highest BCUT2D eigenvalue weighted by molar-refractivity contribution is 5.86. The lowest BCUT2D eigenvalue weighted by atomic mass is 10.2. The molecule has 0 heterocycles. The highest BCUT2D eigenvalue weighted by Crippen LogP contribution is 1.94. The van der Waals surface area contributed by atoms with Crippen LogP contribution in [0.25, 0.3) is 0 Å². The van der Waals surface area contributed by atoms with Gasteiger partial charge in [0.15, 0.2) is 0 Å². The van der Waals surface area contributed by atoms with Gasteiger partial charge in [0, 0.05) is 6.92 Å². The number of carboxylic acids is 1. The number of methoxy groups -OCH3 is 1. The van der Waals surface area contributed by atoms with Crippen molar-refractivity contribution in [2.75, 3.05) is 7.11 Å². The number of hydrogen-bond donors (Lipinski definition) is 2. The Labute approximate surface area is 74.9 Å². The molecule has 0 aliphatic rings. The van der Waals surface area contributed by atoms with Crippen LogP contribution >= 0.6 is 0 Å². The van der Waals surface area contributed by atoms with E-state index >= 15 is 0 Å². The van der Waals surface area contributed by atoms with Crippen LogP contribution in [-0.2, 0) is 19.1 Å². The number of nitrogens with one attached hydrogen (secondary N) is 1. The van der Waals surface area contributed by atoms with Gasteiger partial charge in [-0.15, -0.1) is 0 Å². The lowest BCUT2D eigenvalue weighted by Crippen LogP contribution is -2.41. The largest absolute Gasteiger partial charge is 0.480 e. The van der Waals surface area contributed by atoms with Crippen molar-refractivity contribution >= 4 is 17.8 Å². The second-order valence-electron chi connectivity index (χ2n) is 2.37. The van der Waals surface area contributed by atoms with E-state index in [0.717, 1.165) is 7.11 Å². The van der Waals surface area contributed by atoms with Crippen LogP contribution in [0.15, 0.2) is 0 Å². The average molecular weight is 189 g/mol. The fourth-order valence-electron chi connectivity index (χ4n) is 0.695. The molecule has 2 N–H and O–H groups in total. The van der Waals surface area contributed by atoms with Crippen LogP contribution in [0, 0.1) is 0 Å². The molecule has 1 amide bonds. The van der Waals surface area contributed by atoms with Crippen molar-refractivity contribution in [3.63, 3.8) is 0 Å². The molecule has 0 aliphatic heterocycles. The number of ether oxygens (including phenoxy) is 1. The van der Waals surface area contributed by atoms with E-state index in [1.54, 1.807) is 0 Å². The molecular formula is C7H11NO5. The van der Waals surface area contributed by atoms with Crippen LogP contribution in [0.5, 0.6) is 0 Å². The molecule has 0 rings (SSSR count). The van der Waals surface area contributed by atoms with E-state index in [2.05, 4.69) is 10.1 Å². The first-order valence-corrected chi connectivity index (χ1v) is 3.54. The standard InChI is InChI=1S/C7H11NO5/c1-4(9)8-5(7(11)12)3-6(10)13-2/h5H,3H2,1-2H3,(H,8,9)(H,11,12). The van der Waals surface area contributed by atoms with E-state index in [4.69, 9.17) is 5.11 Å². The molecule has 0 saturated carbocycles. The molecule has 6 heteroatoms. The summed E-state index contributed by atoms with van der Waals surface area (Å²) in [6.45, 7) is 1.17. The molecular weight excluding hydrogens is 178 g/mol. The molecule has 0 aromatic heterocycles. The quantitative estimate of drug-likeness (QED) is 0.561. The number of hydrogen-bond acceptors (Lipinski definition) is 4. The summed E-state index contributed by atoms with van der Waals surface area (Å²) >= 11 is 0. The second-order valence-corrected chi connectivity index (χ2v) is 2.37. The molecule has 0 spiro atoms. The van der Waals surface area contributed by atoms with Crippen LogP contribution in [-0.4, -0.2) is 36.1 Å². The van der Waals surface area contributed by atoms with E-state index in [-0.39, 0.29) is 6.42 Å². The Bertz CT molecular complexity index is 225. The maximum Gasteiger partial charge on any atom is 0.326 e. The Morgan fingerprint density at radius 1 is 1.46 bits per heavy atom. The van der Waals surface area contributed by atoms with Gasteiger partial charge in [0.05, 0.1) is 13.5 Å². The zero-order valence-corrected chi connectivity index (χ0v) is 7.36. The molecule has 13 heavy (non-hydrogen) atoms. The lowest BCUT2D eigenvalue weighted by Gasteiger charge is -2.10. The summed E-state index contributed by atoms with van der Waals surface area (Å²) in [6, 6.07) is -1.22. The predicted molar refractivity (Wildman–Crippen MR) is 41.9 cm³/mol. The summed E-state index contributed by atoms with van der Waals surface area (Å²) in [4.78, 5) is 31.6. The molecule has 0 bridgehead atoms. The number of amides is 1. The average Bonchev–Trinajstić information content (AvgIpc) is 2.02. The van der Waals surface area contributed by atoms with Crippen molar-refractivity contribution < 1.29 is 24.2 Å². The minimum atomic E-state index is -1.26. The van der Waals surface area contributed by atoms with Gasteiger partial charge in [-0.25, -0.2) is 4.79 Å². The fraction of sp³-hybridized carbons (Fsp3) is 0.571. The second kappa shape index (κ2) is 5.13. The van der Waals surface area contributed by atoms with Crippen molar-refractivity contribution in [2.24, 2.45) is 0 Å². The van der Waals surface area contributed by atoms with Gasteiger partial charge in [-0.05, 0) is 0 Å². The summed E-state index contributed by atoms with van der Waals surface area (Å²) in [5.41, 5.74) is 0. The third-order valence-electron chi connectivity index (χ3n) is 1.27. The van der Waals surface area contributed by atoms with Gasteiger partial charge in [-0.3, -0.25) is 9.59 Å². The van der Waals surface area contributed by atoms with Gasteiger partial charge in [0.25, 0.3) is 0 Å². The van der Waals surface area contributed by atoms with E-state index in [1.807, 2.05) is 0 Å². The van der Waals surface area contributed by atoms with Crippen molar-refractivity contribution in [1.82, 2.24) is 5.32 Å². The minimum Gasteiger partial charge on any atom is -0.480 e. The topological polar surface area (TPSA) is 92.7 Å². The van der Waals surface area contributed by atoms with Gasteiger partial charge in [-0.2, -0.15) is 0 Å². The Morgan fingerprint density at radius 3 is 2.31 bits per heavy atom. The fourth-order valence-corrected chi connectivity index (χ4v) is 0.695. The smallest absolute Gasteiger partial charge is 0.326 e. The van der Waals surface area contributed by atoms with Crippen molar-refractivity contribution in [1.29, 1.82) is 0 Å². The zero-order chi connectivity index (χ0) is 10.4. The third kappa shape index (κ3) is 4.78. The van der Waals surface area contributed by atoms with Crippen molar-refractivity contribution in [3.8, 4) is 0 Å². The minimum absolute atomic E-state index is 0.370. The molecule has 0 aromatic carbocycles. The van der Waals surface area contributed by atoms with E-state index in [9.17, 15) is 14.4 Å². The zero-order valence-electron chi connectivity index (χ0n) is 7.36. The van der Waals surface area contributed by atoms with Gasteiger partial charge in [0.2, 0.25) is 5.91 Å². The van der Waals surface area contributed by atoms with Crippen LogP contribution in [0.3, 0.4) is 0 Å². The SMILES string of the molecule is COC(=O)CC(NC(C)=O)C(=O)O. The first-order chi connectivity index (χ1) is 5.97. The summed E-state index contributed by atoms with van der Waals surface area (Å²) in [5.74, 6) is -2.45. The van der Waals surface area contributed by atoms with Crippen LogP contribution in [0.2, 0.25) is 0 Å². The maximum absolute atomic E-state index is 10.7. The maximum atomic E-state index is 10.7. The van der Waals surface area contributed by atoms with E-state index < -0.39 is 23.9 Å². The van der Waals surface area contributed by atoms with Gasteiger partial charge in [0.1, 0.15) is 6.04 Å². The highest BCUT2D eigenvalue weighted by atomic mass is 16.5. The third-order valence-corrected chi connectivity index (χ3v) is 1.27. The number of rotatable bonds is 4. The van der Waals surface area contributed by atoms with Crippen molar-refractivity contribution in [2.45, 2.75) is 19.4 Å². The van der Waals surface area contributed by atoms with E-state index in [0.29, 0.717) is 0 Å². The molecule has 0 radical (unpaired) electrons. The molecule has 74 valence electrons. The Kier molecular flexibility index (Phi) is 4.50. The van der Waals surface area contributed by atoms with Gasteiger partial charge < -0.3 is 15.2 Å². The molecule has 1 atom stereocenters. The Morgan fingerprint density at radius 2 is 2.00 bits per heavy atom. The first kappa shape index (κ1) is 11.4. The molecule has 0 fully saturated rings. The van der Waals surface area contributed by atoms with Crippen LogP contribution < -0.4 is 5.32 Å². The summed E-state index contributed by atoms with van der Waals surface area (Å²) < 4.78 is 4.26. The molecule has 6 nitrogen and oxygen atoms in total. The molecule has 0 saturated heterocycles. The number of aliphatic carboxylic acids is 1.